The maximum absolute atomic E-state index is 15.1. The molecule has 2 heterocycles. The molecule has 5 aromatic rings. The van der Waals surface area contributed by atoms with Gasteiger partial charge < -0.3 is 18.5 Å². The van der Waals surface area contributed by atoms with Crippen LogP contribution in [0.5, 0.6) is 11.5 Å². The third-order valence-electron chi connectivity index (χ3n) is 8.17. The van der Waals surface area contributed by atoms with Crippen LogP contribution < -0.4 is 19.7 Å². The lowest BCUT2D eigenvalue weighted by atomic mass is 10.0. The van der Waals surface area contributed by atoms with Crippen LogP contribution in [0.15, 0.2) is 147 Å². The predicted octanol–water partition coefficient (Wildman–Crippen LogP) is 9.41. The Morgan fingerprint density at radius 1 is 0.522 bits per heavy atom. The van der Waals surface area contributed by atoms with Crippen LogP contribution in [0.1, 0.15) is 22.8 Å². The number of hydrogen-bond donors (Lipinski definition) is 0. The molecule has 4 unspecified atom stereocenters. The largest absolute Gasteiger partial charge is 0.437 e. The van der Waals surface area contributed by atoms with Gasteiger partial charge in [0.1, 0.15) is 11.5 Å². The molecular formula is C38H32O6P2. The van der Waals surface area contributed by atoms with Crippen LogP contribution in [0.25, 0.3) is 22.3 Å². The van der Waals surface area contributed by atoms with Crippen molar-refractivity contribution in [1.82, 2.24) is 0 Å². The van der Waals surface area contributed by atoms with Crippen molar-refractivity contribution in [2.75, 3.05) is 13.2 Å². The Balaban J connectivity index is 1.30. The van der Waals surface area contributed by atoms with E-state index in [-0.39, 0.29) is 13.2 Å². The summed E-state index contributed by atoms with van der Waals surface area (Å²) in [7, 11) is -7.34. The van der Waals surface area contributed by atoms with E-state index in [1.165, 1.54) is 0 Å². The van der Waals surface area contributed by atoms with Gasteiger partial charge in [-0.25, -0.2) is 0 Å². The minimum Gasteiger partial charge on any atom is -0.437 e. The van der Waals surface area contributed by atoms with Crippen molar-refractivity contribution < 1.29 is 27.7 Å². The average Bonchev–Trinajstić information content (AvgIpc) is 3.09. The summed E-state index contributed by atoms with van der Waals surface area (Å²) < 4.78 is 55.3. The van der Waals surface area contributed by atoms with Crippen LogP contribution in [0.2, 0.25) is 0 Å². The lowest BCUT2D eigenvalue weighted by molar-refractivity contribution is 0.122. The molecule has 46 heavy (non-hydrogen) atoms. The van der Waals surface area contributed by atoms with Gasteiger partial charge in [-0.05, 0) is 46.5 Å². The fraction of sp³-hybridized carbons (Fsp3) is 0.105. The molecular weight excluding hydrogens is 614 g/mol. The highest BCUT2D eigenvalue weighted by molar-refractivity contribution is 7.68. The van der Waals surface area contributed by atoms with Crippen molar-refractivity contribution in [3.05, 3.63) is 158 Å². The molecule has 5 aromatic carbocycles. The summed E-state index contributed by atoms with van der Waals surface area (Å²) in [5.74, 6) is -0.789. The summed E-state index contributed by atoms with van der Waals surface area (Å²) in [6, 6.07) is 37.6. The van der Waals surface area contributed by atoms with Gasteiger partial charge in [0.25, 0.3) is 0 Å². The van der Waals surface area contributed by atoms with Crippen LogP contribution in [0, 0.1) is 0 Å². The zero-order valence-corrected chi connectivity index (χ0v) is 26.8. The second-order valence-electron chi connectivity index (χ2n) is 11.0. The van der Waals surface area contributed by atoms with Gasteiger partial charge in [-0.3, -0.25) is 9.13 Å². The summed E-state index contributed by atoms with van der Waals surface area (Å²) in [5.41, 5.74) is 4.73. The molecule has 8 heteroatoms. The zero-order chi connectivity index (χ0) is 31.7. The molecule has 0 aromatic heterocycles. The highest BCUT2D eigenvalue weighted by Gasteiger charge is 2.47. The molecule has 0 saturated carbocycles. The molecule has 0 amide bonds. The van der Waals surface area contributed by atoms with Gasteiger partial charge in [0.05, 0.1) is 23.8 Å². The van der Waals surface area contributed by atoms with Gasteiger partial charge in [-0.15, -0.1) is 13.2 Å². The molecule has 0 bridgehead atoms. The minimum absolute atomic E-state index is 0.161. The summed E-state index contributed by atoms with van der Waals surface area (Å²) in [4.78, 5) is 0. The van der Waals surface area contributed by atoms with Crippen LogP contribution in [-0.2, 0) is 18.6 Å². The quantitative estimate of drug-likeness (QED) is 0.111. The first-order valence-corrected chi connectivity index (χ1v) is 18.4. The maximum atomic E-state index is 15.1. The SMILES string of the molecule is C=CCOC(c1ccc(C(OCC=C)P2(=O)Oc3ccccc3-c3ccccc32)cc1)P1(=O)Oc2ccccc2-c2ccccc21. The molecule has 2 aliphatic heterocycles. The maximum Gasteiger partial charge on any atom is 0.310 e. The Bertz CT molecular complexity index is 1890. The number of fused-ring (bicyclic) bond motifs is 6. The van der Waals surface area contributed by atoms with E-state index in [1.807, 2.05) is 121 Å². The van der Waals surface area contributed by atoms with E-state index in [2.05, 4.69) is 13.2 Å². The number of hydrogen-bond acceptors (Lipinski definition) is 6. The highest BCUT2D eigenvalue weighted by Crippen LogP contribution is 2.66. The van der Waals surface area contributed by atoms with E-state index in [0.717, 1.165) is 22.3 Å². The average molecular weight is 647 g/mol. The Kier molecular flexibility index (Phi) is 8.15. The fourth-order valence-corrected chi connectivity index (χ4v) is 11.3. The fourth-order valence-electron chi connectivity index (χ4n) is 6.15. The molecule has 6 nitrogen and oxygen atoms in total. The lowest BCUT2D eigenvalue weighted by Crippen LogP contribution is -2.24. The van der Waals surface area contributed by atoms with E-state index in [0.29, 0.717) is 33.2 Å². The number of rotatable bonds is 10. The van der Waals surface area contributed by atoms with Crippen molar-refractivity contribution >= 4 is 25.3 Å². The van der Waals surface area contributed by atoms with Gasteiger partial charge in [-0.2, -0.15) is 0 Å². The van der Waals surface area contributed by atoms with E-state index in [9.17, 15) is 0 Å². The lowest BCUT2D eigenvalue weighted by Gasteiger charge is -2.35. The molecule has 7 rings (SSSR count). The van der Waals surface area contributed by atoms with E-state index < -0.39 is 26.4 Å². The highest BCUT2D eigenvalue weighted by atomic mass is 31.2. The van der Waals surface area contributed by atoms with Gasteiger partial charge in [0.2, 0.25) is 0 Å². The number of benzene rings is 5. The van der Waals surface area contributed by atoms with Crippen molar-refractivity contribution in [2.45, 2.75) is 11.7 Å². The minimum atomic E-state index is -3.67. The number of para-hydroxylation sites is 2. The van der Waals surface area contributed by atoms with Crippen LogP contribution >= 0.6 is 14.7 Å². The second kappa shape index (κ2) is 12.4. The molecule has 0 saturated heterocycles. The van der Waals surface area contributed by atoms with E-state index >= 15 is 9.13 Å². The first kappa shape index (κ1) is 30.2. The Morgan fingerprint density at radius 2 is 0.870 bits per heavy atom. The third kappa shape index (κ3) is 5.08. The predicted molar refractivity (Wildman–Crippen MR) is 184 cm³/mol. The van der Waals surface area contributed by atoms with E-state index in [4.69, 9.17) is 18.5 Å². The van der Waals surface area contributed by atoms with Gasteiger partial charge in [0, 0.05) is 11.1 Å². The van der Waals surface area contributed by atoms with Crippen LogP contribution in [-0.4, -0.2) is 13.2 Å². The monoisotopic (exact) mass is 646 g/mol. The molecule has 0 radical (unpaired) electrons. The van der Waals surface area contributed by atoms with Crippen LogP contribution in [0.4, 0.5) is 0 Å². The van der Waals surface area contributed by atoms with Crippen molar-refractivity contribution in [3.8, 4) is 33.8 Å². The zero-order valence-electron chi connectivity index (χ0n) is 25.0. The van der Waals surface area contributed by atoms with Crippen molar-refractivity contribution in [3.63, 3.8) is 0 Å². The molecule has 0 fully saturated rings. The molecule has 0 N–H and O–H groups in total. The van der Waals surface area contributed by atoms with Crippen molar-refractivity contribution in [2.24, 2.45) is 0 Å². The summed E-state index contributed by atoms with van der Waals surface area (Å²) in [6.45, 7) is 7.94. The normalized spacial score (nSPS) is 20.3. The van der Waals surface area contributed by atoms with Gasteiger partial charge in [0.15, 0.2) is 11.7 Å². The first-order valence-electron chi connectivity index (χ1n) is 15.0. The Morgan fingerprint density at radius 3 is 1.26 bits per heavy atom. The molecule has 2 aliphatic rings. The molecule has 230 valence electrons. The standard InChI is InChI=1S/C38H32O6P2/c1-3-25-41-37(45(39)35-19-11-7-15-31(35)29-13-5-9-17-33(29)43-45)27-21-23-28(24-22-27)38(42-26-4-2)46(40)36-20-12-8-16-32(36)30-14-6-10-18-34(30)44-46/h3-24,37-38H,1-2,25-26H2. The third-order valence-corrected chi connectivity index (χ3v) is 13.4. The van der Waals surface area contributed by atoms with E-state index in [1.54, 1.807) is 12.2 Å². The van der Waals surface area contributed by atoms with Gasteiger partial charge >= 0.3 is 14.7 Å². The molecule has 0 aliphatic carbocycles. The van der Waals surface area contributed by atoms with Crippen LogP contribution in [0.3, 0.4) is 0 Å². The number of ether oxygens (including phenoxy) is 2. The van der Waals surface area contributed by atoms with Crippen molar-refractivity contribution in [1.29, 1.82) is 0 Å². The summed E-state index contributed by atoms with van der Waals surface area (Å²) in [5, 5.41) is 1.18. The Hall–Kier alpha value is -4.44. The topological polar surface area (TPSA) is 71.1 Å². The Labute approximate surface area is 268 Å². The second-order valence-corrected chi connectivity index (χ2v) is 15.7. The van der Waals surface area contributed by atoms with Gasteiger partial charge in [-0.1, -0.05) is 109 Å². The molecule has 0 spiro atoms. The molecule has 4 atom stereocenters. The smallest absolute Gasteiger partial charge is 0.310 e. The summed E-state index contributed by atoms with van der Waals surface area (Å²) in [6.07, 6.45) is 3.25. The first-order chi connectivity index (χ1) is 22.5. The summed E-state index contributed by atoms with van der Waals surface area (Å²) >= 11 is 0.